The molecule has 2 N–H and O–H groups in total. The van der Waals surface area contributed by atoms with Gasteiger partial charge >= 0.3 is 0 Å². The molecule has 8 heteroatoms. The number of carbonyl (C=O) groups is 1. The number of aromatic nitrogens is 1. The van der Waals surface area contributed by atoms with Crippen molar-refractivity contribution in [2.75, 3.05) is 6.54 Å². The standard InChI is InChI=1S/C17H18FN3O3S/c18-14-8-7-12(25(19,23)24)11-13(14)17(22)21-10-4-2-6-16(21)15-5-1-3-9-20-15/h1,3,5,7-9,11,16H,2,4,6,10H2,(H2,19,23,24)/t16-/m1/s1. The summed E-state index contributed by atoms with van der Waals surface area (Å²) in [7, 11) is -4.02. The molecule has 1 aliphatic rings. The van der Waals surface area contributed by atoms with Crippen LogP contribution in [0.25, 0.3) is 0 Å². The number of sulfonamides is 1. The summed E-state index contributed by atoms with van der Waals surface area (Å²) >= 11 is 0. The van der Waals surface area contributed by atoms with E-state index in [1.54, 1.807) is 17.2 Å². The van der Waals surface area contributed by atoms with Crippen molar-refractivity contribution in [1.82, 2.24) is 9.88 Å². The minimum Gasteiger partial charge on any atom is -0.330 e. The minimum absolute atomic E-state index is 0.264. The van der Waals surface area contributed by atoms with E-state index in [2.05, 4.69) is 4.98 Å². The van der Waals surface area contributed by atoms with Gasteiger partial charge in [0.1, 0.15) is 5.82 Å². The van der Waals surface area contributed by atoms with E-state index in [4.69, 9.17) is 5.14 Å². The Hall–Kier alpha value is -2.32. The van der Waals surface area contributed by atoms with E-state index in [0.717, 1.165) is 43.2 Å². The number of hydrogen-bond acceptors (Lipinski definition) is 4. The Morgan fingerprint density at radius 2 is 2.04 bits per heavy atom. The largest absolute Gasteiger partial charge is 0.330 e. The highest BCUT2D eigenvalue weighted by Crippen LogP contribution is 2.31. The van der Waals surface area contributed by atoms with E-state index in [0.29, 0.717) is 6.54 Å². The number of piperidine rings is 1. The normalized spacial score (nSPS) is 18.2. The summed E-state index contributed by atoms with van der Waals surface area (Å²) in [5, 5.41) is 5.09. The van der Waals surface area contributed by atoms with Crippen molar-refractivity contribution in [3.05, 3.63) is 59.7 Å². The molecule has 1 aliphatic heterocycles. The molecule has 3 rings (SSSR count). The monoisotopic (exact) mass is 363 g/mol. The number of halogens is 1. The molecule has 0 saturated carbocycles. The molecule has 2 aromatic rings. The van der Waals surface area contributed by atoms with Crippen LogP contribution in [0.3, 0.4) is 0 Å². The van der Waals surface area contributed by atoms with Crippen molar-refractivity contribution < 1.29 is 17.6 Å². The first-order chi connectivity index (χ1) is 11.9. The van der Waals surface area contributed by atoms with Gasteiger partial charge in [0.2, 0.25) is 10.0 Å². The number of nitrogens with zero attached hydrogens (tertiary/aromatic N) is 2. The number of likely N-dealkylation sites (tertiary alicyclic amines) is 1. The molecule has 1 atom stereocenters. The fraction of sp³-hybridized carbons (Fsp3) is 0.294. The predicted octanol–water partition coefficient (Wildman–Crippen LogP) is 2.24. The molecule has 0 unspecified atom stereocenters. The third kappa shape index (κ3) is 3.69. The third-order valence-electron chi connectivity index (χ3n) is 4.29. The molecule has 6 nitrogen and oxygen atoms in total. The maximum absolute atomic E-state index is 14.2. The van der Waals surface area contributed by atoms with Gasteiger partial charge in [0.15, 0.2) is 0 Å². The van der Waals surface area contributed by atoms with Crippen molar-refractivity contribution in [2.45, 2.75) is 30.2 Å². The lowest BCUT2D eigenvalue weighted by atomic mass is 9.97. The van der Waals surface area contributed by atoms with Gasteiger partial charge in [-0.05, 0) is 49.6 Å². The van der Waals surface area contributed by atoms with E-state index in [-0.39, 0.29) is 16.5 Å². The predicted molar refractivity (Wildman–Crippen MR) is 89.6 cm³/mol. The number of amides is 1. The van der Waals surface area contributed by atoms with Crippen LogP contribution in [0.1, 0.15) is 41.4 Å². The number of benzene rings is 1. The molecule has 1 amide bonds. The Morgan fingerprint density at radius 3 is 2.72 bits per heavy atom. The van der Waals surface area contributed by atoms with Gasteiger partial charge in [0.05, 0.1) is 22.2 Å². The lowest BCUT2D eigenvalue weighted by Gasteiger charge is -2.35. The zero-order chi connectivity index (χ0) is 18.0. The molecule has 1 aromatic heterocycles. The molecule has 1 fully saturated rings. The summed E-state index contributed by atoms with van der Waals surface area (Å²) in [6, 6.07) is 8.18. The summed E-state index contributed by atoms with van der Waals surface area (Å²) in [5.41, 5.74) is 0.438. The highest BCUT2D eigenvalue weighted by molar-refractivity contribution is 7.89. The SMILES string of the molecule is NS(=O)(=O)c1ccc(F)c(C(=O)N2CCCC[C@@H]2c2ccccn2)c1. The summed E-state index contributed by atoms with van der Waals surface area (Å²) in [5.74, 6) is -1.33. The Balaban J connectivity index is 1.98. The minimum atomic E-state index is -4.02. The van der Waals surface area contributed by atoms with Crippen LogP contribution in [0.4, 0.5) is 4.39 Å². The van der Waals surface area contributed by atoms with Gasteiger partial charge < -0.3 is 4.90 Å². The van der Waals surface area contributed by atoms with Crippen LogP contribution in [0, 0.1) is 5.82 Å². The molecule has 1 saturated heterocycles. The van der Waals surface area contributed by atoms with Crippen LogP contribution in [0.2, 0.25) is 0 Å². The van der Waals surface area contributed by atoms with Crippen molar-refractivity contribution in [2.24, 2.45) is 5.14 Å². The lowest BCUT2D eigenvalue weighted by Crippen LogP contribution is -2.39. The van der Waals surface area contributed by atoms with E-state index >= 15 is 0 Å². The first-order valence-corrected chi connectivity index (χ1v) is 9.47. The van der Waals surface area contributed by atoms with Gasteiger partial charge in [-0.25, -0.2) is 17.9 Å². The topological polar surface area (TPSA) is 93.4 Å². The number of hydrogen-bond donors (Lipinski definition) is 1. The van der Waals surface area contributed by atoms with E-state index < -0.39 is 21.7 Å². The van der Waals surface area contributed by atoms with Crippen LogP contribution in [-0.4, -0.2) is 30.8 Å². The maximum atomic E-state index is 14.2. The Labute approximate surface area is 145 Å². The number of nitrogens with two attached hydrogens (primary N) is 1. The second-order valence-corrected chi connectivity index (χ2v) is 7.51. The average Bonchev–Trinajstić information content (AvgIpc) is 2.61. The van der Waals surface area contributed by atoms with Gasteiger partial charge in [-0.3, -0.25) is 9.78 Å². The highest BCUT2D eigenvalue weighted by Gasteiger charge is 2.31. The number of rotatable bonds is 3. The molecule has 0 radical (unpaired) electrons. The van der Waals surface area contributed by atoms with Crippen LogP contribution in [0.15, 0.2) is 47.5 Å². The highest BCUT2D eigenvalue weighted by atomic mass is 32.2. The van der Waals surface area contributed by atoms with E-state index in [9.17, 15) is 17.6 Å². The number of carbonyl (C=O) groups excluding carboxylic acids is 1. The Bertz CT molecular complexity index is 887. The number of pyridine rings is 1. The van der Waals surface area contributed by atoms with Gasteiger partial charge in [-0.1, -0.05) is 6.07 Å². The molecular formula is C17H18FN3O3S. The molecule has 132 valence electrons. The second kappa shape index (κ2) is 6.89. The van der Waals surface area contributed by atoms with Gasteiger partial charge in [-0.2, -0.15) is 0 Å². The Morgan fingerprint density at radius 1 is 1.24 bits per heavy atom. The smallest absolute Gasteiger partial charge is 0.257 e. The van der Waals surface area contributed by atoms with E-state index in [1.807, 2.05) is 12.1 Å². The number of primary sulfonamides is 1. The fourth-order valence-corrected chi connectivity index (χ4v) is 3.60. The molecular weight excluding hydrogens is 345 g/mol. The summed E-state index contributed by atoms with van der Waals surface area (Å²) in [6.07, 6.45) is 4.10. The Kier molecular flexibility index (Phi) is 4.82. The van der Waals surface area contributed by atoms with Crippen LogP contribution < -0.4 is 5.14 Å². The fourth-order valence-electron chi connectivity index (χ4n) is 3.06. The van der Waals surface area contributed by atoms with Crippen LogP contribution in [0.5, 0.6) is 0 Å². The molecule has 0 aliphatic carbocycles. The third-order valence-corrected chi connectivity index (χ3v) is 5.20. The van der Waals surface area contributed by atoms with Crippen molar-refractivity contribution in [3.8, 4) is 0 Å². The summed E-state index contributed by atoms with van der Waals surface area (Å²) in [4.78, 5) is 18.5. The first kappa shape index (κ1) is 17.5. The van der Waals surface area contributed by atoms with Crippen LogP contribution >= 0.6 is 0 Å². The van der Waals surface area contributed by atoms with E-state index in [1.165, 1.54) is 0 Å². The molecule has 0 spiro atoms. The zero-order valence-corrected chi connectivity index (χ0v) is 14.2. The maximum Gasteiger partial charge on any atom is 0.257 e. The molecule has 1 aromatic carbocycles. The van der Waals surface area contributed by atoms with Crippen LogP contribution in [-0.2, 0) is 10.0 Å². The molecule has 2 heterocycles. The average molecular weight is 363 g/mol. The summed E-state index contributed by atoms with van der Waals surface area (Å²) in [6.45, 7) is 0.457. The van der Waals surface area contributed by atoms with Gasteiger partial charge in [0.25, 0.3) is 5.91 Å². The quantitative estimate of drug-likeness (QED) is 0.905. The van der Waals surface area contributed by atoms with Crippen molar-refractivity contribution in [3.63, 3.8) is 0 Å². The first-order valence-electron chi connectivity index (χ1n) is 7.92. The molecule has 25 heavy (non-hydrogen) atoms. The van der Waals surface area contributed by atoms with Crippen molar-refractivity contribution in [1.29, 1.82) is 0 Å². The van der Waals surface area contributed by atoms with Gasteiger partial charge in [0, 0.05) is 12.7 Å². The van der Waals surface area contributed by atoms with Gasteiger partial charge in [-0.15, -0.1) is 0 Å². The lowest BCUT2D eigenvalue weighted by molar-refractivity contribution is 0.0601. The summed E-state index contributed by atoms with van der Waals surface area (Å²) < 4.78 is 37.2. The molecule has 0 bridgehead atoms. The zero-order valence-electron chi connectivity index (χ0n) is 13.4. The second-order valence-electron chi connectivity index (χ2n) is 5.95. The van der Waals surface area contributed by atoms with Crippen molar-refractivity contribution >= 4 is 15.9 Å².